The van der Waals surface area contributed by atoms with Crippen LogP contribution in [-0.2, 0) is 17.8 Å². The van der Waals surface area contributed by atoms with Crippen LogP contribution < -0.4 is 5.32 Å². The monoisotopic (exact) mass is 481 g/mol. The average molecular weight is 482 g/mol. The number of nitrogens with one attached hydrogen (secondary N) is 1. The first-order valence-corrected chi connectivity index (χ1v) is 12.8. The minimum absolute atomic E-state index is 0.0708. The van der Waals surface area contributed by atoms with Gasteiger partial charge in [-0.1, -0.05) is 55.8 Å². The molecular formula is C27H32ClN3O3. The lowest BCUT2D eigenvalue weighted by molar-refractivity contribution is -0.133. The molecule has 0 spiro atoms. The van der Waals surface area contributed by atoms with E-state index in [1.807, 2.05) is 41.8 Å². The van der Waals surface area contributed by atoms with Crippen molar-refractivity contribution in [3.63, 3.8) is 0 Å². The summed E-state index contributed by atoms with van der Waals surface area (Å²) in [5.41, 5.74) is 2.18. The second-order valence-electron chi connectivity index (χ2n) is 9.91. The summed E-state index contributed by atoms with van der Waals surface area (Å²) < 4.78 is 7.51. The SMILES string of the molecule is C[C@]1(C(=O)NC2CCCCCCC2)Cn2c(cc3occc32)C(=O)N1CCc1ccc(Cl)cc1. The molecule has 1 N–H and O–H groups in total. The third kappa shape index (κ3) is 4.36. The molecule has 1 fully saturated rings. The minimum atomic E-state index is -0.998. The maximum absolute atomic E-state index is 13.8. The van der Waals surface area contributed by atoms with Crippen molar-refractivity contribution in [3.8, 4) is 0 Å². The van der Waals surface area contributed by atoms with Gasteiger partial charge in [-0.25, -0.2) is 0 Å². The lowest BCUT2D eigenvalue weighted by Crippen LogP contribution is -2.65. The van der Waals surface area contributed by atoms with Gasteiger partial charge in [-0.15, -0.1) is 0 Å². The average Bonchev–Trinajstić information content (AvgIpc) is 3.39. The van der Waals surface area contributed by atoms with Crippen LogP contribution in [0.1, 0.15) is 67.9 Å². The summed E-state index contributed by atoms with van der Waals surface area (Å²) in [6.45, 7) is 2.75. The Morgan fingerprint density at radius 1 is 1.12 bits per heavy atom. The highest BCUT2D eigenvalue weighted by Crippen LogP contribution is 2.33. The highest BCUT2D eigenvalue weighted by molar-refractivity contribution is 6.30. The fraction of sp³-hybridized carbons (Fsp3) is 0.481. The zero-order valence-electron chi connectivity index (χ0n) is 19.7. The van der Waals surface area contributed by atoms with Crippen molar-refractivity contribution in [3.05, 3.63) is 58.9 Å². The predicted octanol–water partition coefficient (Wildman–Crippen LogP) is 5.57. The summed E-state index contributed by atoms with van der Waals surface area (Å²) in [4.78, 5) is 29.3. The Bertz CT molecular complexity index is 1170. The molecule has 5 rings (SSSR count). The standard InChI is InChI=1S/C27H32ClN3O3/c1-27(26(33)29-21-7-5-3-2-4-6-8-21)18-30-22-14-16-34-24(22)17-23(30)25(32)31(27)15-13-19-9-11-20(28)12-10-19/h9-12,14,16-17,21H,2-8,13,15,18H2,1H3,(H,29,33)/t27-/m1/s1. The van der Waals surface area contributed by atoms with Crippen LogP contribution in [0.2, 0.25) is 5.02 Å². The van der Waals surface area contributed by atoms with Crippen molar-refractivity contribution in [2.45, 2.75) is 76.4 Å². The van der Waals surface area contributed by atoms with E-state index in [9.17, 15) is 9.59 Å². The van der Waals surface area contributed by atoms with Crippen molar-refractivity contribution in [2.75, 3.05) is 6.54 Å². The molecule has 1 atom stereocenters. The highest BCUT2D eigenvalue weighted by Gasteiger charge is 2.48. The first-order chi connectivity index (χ1) is 16.5. The number of hydrogen-bond acceptors (Lipinski definition) is 3. The first kappa shape index (κ1) is 23.0. The summed E-state index contributed by atoms with van der Waals surface area (Å²) in [6, 6.07) is 11.5. The molecule has 3 heterocycles. The predicted molar refractivity (Wildman–Crippen MR) is 133 cm³/mol. The zero-order chi connectivity index (χ0) is 23.7. The van der Waals surface area contributed by atoms with Crippen LogP contribution in [0, 0.1) is 0 Å². The number of carbonyl (C=O) groups excluding carboxylic acids is 2. The van der Waals surface area contributed by atoms with E-state index in [-0.39, 0.29) is 17.9 Å². The van der Waals surface area contributed by atoms with Crippen LogP contribution in [0.5, 0.6) is 0 Å². The van der Waals surface area contributed by atoms with Gasteiger partial charge in [-0.05, 0) is 43.9 Å². The zero-order valence-corrected chi connectivity index (χ0v) is 20.4. The van der Waals surface area contributed by atoms with Crippen LogP contribution in [0.15, 0.2) is 47.1 Å². The van der Waals surface area contributed by atoms with E-state index in [0.717, 1.165) is 36.8 Å². The quantitative estimate of drug-likeness (QED) is 0.517. The third-order valence-electron chi connectivity index (χ3n) is 7.52. The molecule has 6 nitrogen and oxygen atoms in total. The normalized spacial score (nSPS) is 21.8. The molecule has 3 aromatic rings. The summed E-state index contributed by atoms with van der Waals surface area (Å²) in [5.74, 6) is -0.208. The Kier molecular flexibility index (Phi) is 6.43. The van der Waals surface area contributed by atoms with Gasteiger partial charge in [-0.2, -0.15) is 0 Å². The largest absolute Gasteiger partial charge is 0.463 e. The van der Waals surface area contributed by atoms with Crippen molar-refractivity contribution >= 4 is 34.5 Å². The van der Waals surface area contributed by atoms with E-state index in [0.29, 0.717) is 35.8 Å². The highest BCUT2D eigenvalue weighted by atomic mass is 35.5. The molecule has 0 unspecified atom stereocenters. The number of aromatic nitrogens is 1. The van der Waals surface area contributed by atoms with Gasteiger partial charge in [0.15, 0.2) is 5.58 Å². The number of fused-ring (bicyclic) bond motifs is 3. The lowest BCUT2D eigenvalue weighted by Gasteiger charge is -2.44. The number of amides is 2. The second kappa shape index (κ2) is 9.49. The van der Waals surface area contributed by atoms with Gasteiger partial charge < -0.3 is 19.2 Å². The van der Waals surface area contributed by atoms with Gasteiger partial charge in [-0.3, -0.25) is 9.59 Å². The van der Waals surface area contributed by atoms with Crippen molar-refractivity contribution in [1.82, 2.24) is 14.8 Å². The Hall–Kier alpha value is -2.73. The number of rotatable bonds is 5. The molecule has 0 radical (unpaired) electrons. The maximum atomic E-state index is 13.8. The summed E-state index contributed by atoms with van der Waals surface area (Å²) >= 11 is 6.04. The van der Waals surface area contributed by atoms with Crippen LogP contribution >= 0.6 is 11.6 Å². The number of halogens is 1. The molecule has 7 heteroatoms. The van der Waals surface area contributed by atoms with Gasteiger partial charge >= 0.3 is 0 Å². The Labute approximate surface area is 205 Å². The van der Waals surface area contributed by atoms with Gasteiger partial charge in [0.25, 0.3) is 5.91 Å². The van der Waals surface area contributed by atoms with Gasteiger partial charge in [0, 0.05) is 29.7 Å². The van der Waals surface area contributed by atoms with E-state index >= 15 is 0 Å². The fourth-order valence-corrected chi connectivity index (χ4v) is 5.58. The number of furan rings is 1. The van der Waals surface area contributed by atoms with Crippen LogP contribution in [0.25, 0.3) is 11.1 Å². The molecule has 2 aliphatic rings. The fourth-order valence-electron chi connectivity index (χ4n) is 5.46. The van der Waals surface area contributed by atoms with Crippen molar-refractivity contribution in [2.24, 2.45) is 0 Å². The van der Waals surface area contributed by atoms with Gasteiger partial charge in [0.05, 0.1) is 18.3 Å². The maximum Gasteiger partial charge on any atom is 0.271 e. The second-order valence-corrected chi connectivity index (χ2v) is 10.3. The molecule has 180 valence electrons. The van der Waals surface area contributed by atoms with Crippen molar-refractivity contribution in [1.29, 1.82) is 0 Å². The molecule has 1 aliphatic carbocycles. The topological polar surface area (TPSA) is 67.5 Å². The summed E-state index contributed by atoms with van der Waals surface area (Å²) in [7, 11) is 0. The van der Waals surface area contributed by atoms with E-state index in [1.165, 1.54) is 19.3 Å². The smallest absolute Gasteiger partial charge is 0.271 e. The summed E-state index contributed by atoms with van der Waals surface area (Å²) in [5, 5.41) is 4.01. The third-order valence-corrected chi connectivity index (χ3v) is 7.77. The number of carbonyl (C=O) groups is 2. The molecule has 1 saturated carbocycles. The Morgan fingerprint density at radius 2 is 1.82 bits per heavy atom. The van der Waals surface area contributed by atoms with Crippen LogP contribution in [0.3, 0.4) is 0 Å². The minimum Gasteiger partial charge on any atom is -0.463 e. The molecule has 34 heavy (non-hydrogen) atoms. The Morgan fingerprint density at radius 3 is 2.56 bits per heavy atom. The van der Waals surface area contributed by atoms with Crippen LogP contribution in [0.4, 0.5) is 0 Å². The van der Waals surface area contributed by atoms with Gasteiger partial charge in [0.2, 0.25) is 5.91 Å². The van der Waals surface area contributed by atoms with Crippen molar-refractivity contribution < 1.29 is 14.0 Å². The molecule has 2 aromatic heterocycles. The molecule has 0 saturated heterocycles. The van der Waals surface area contributed by atoms with E-state index < -0.39 is 5.54 Å². The molecule has 1 aromatic carbocycles. The van der Waals surface area contributed by atoms with Crippen LogP contribution in [-0.4, -0.2) is 39.4 Å². The number of hydrogen-bond donors (Lipinski definition) is 1. The number of benzene rings is 1. The van der Waals surface area contributed by atoms with Gasteiger partial charge in [0.1, 0.15) is 11.2 Å². The number of nitrogens with zero attached hydrogens (tertiary/aromatic N) is 2. The Balaban J connectivity index is 1.44. The first-order valence-electron chi connectivity index (χ1n) is 12.4. The van der Waals surface area contributed by atoms with E-state index in [1.54, 1.807) is 17.2 Å². The van der Waals surface area contributed by atoms with E-state index in [2.05, 4.69) is 5.32 Å². The summed E-state index contributed by atoms with van der Waals surface area (Å²) in [6.07, 6.45) is 10.3. The molecule has 0 bridgehead atoms. The molecule has 2 amide bonds. The molecular weight excluding hydrogens is 450 g/mol. The lowest BCUT2D eigenvalue weighted by atomic mass is 9.91. The van der Waals surface area contributed by atoms with E-state index in [4.69, 9.17) is 16.0 Å². The molecule has 1 aliphatic heterocycles.